The Kier molecular flexibility index (Phi) is 9.18. The number of aromatic nitrogens is 1. The first-order valence-corrected chi connectivity index (χ1v) is 11.3. The number of methoxy groups -OCH3 is 1. The summed E-state index contributed by atoms with van der Waals surface area (Å²) in [6.07, 6.45) is 0.933. The number of hydrogen-bond donors (Lipinski definition) is 1. The Morgan fingerprint density at radius 1 is 1.03 bits per heavy atom. The minimum Gasteiger partial charge on any atom is -0.493 e. The van der Waals surface area contributed by atoms with Crippen LogP contribution in [-0.2, 0) is 14.3 Å². The maximum Gasteiger partial charge on any atom is 0.328 e. The van der Waals surface area contributed by atoms with E-state index in [1.165, 1.54) is 38.8 Å². The highest BCUT2D eigenvalue weighted by molar-refractivity contribution is 5.98. The molecule has 1 N–H and O–H groups in total. The molecule has 2 aromatic rings. The van der Waals surface area contributed by atoms with Gasteiger partial charge in [-0.3, -0.25) is 9.59 Å². The molecule has 0 saturated heterocycles. The maximum atomic E-state index is 12.8. The molecule has 0 spiro atoms. The van der Waals surface area contributed by atoms with Crippen molar-refractivity contribution in [3.63, 3.8) is 0 Å². The molecular formula is C26H34N2O6. The number of ether oxygens (including phenoxy) is 3. The van der Waals surface area contributed by atoms with E-state index < -0.39 is 30.0 Å². The van der Waals surface area contributed by atoms with E-state index in [0.717, 1.165) is 11.1 Å². The minimum absolute atomic E-state index is 0.0110. The molecule has 0 aliphatic heterocycles. The lowest BCUT2D eigenvalue weighted by atomic mass is 9.82. The first-order chi connectivity index (χ1) is 16.0. The summed E-state index contributed by atoms with van der Waals surface area (Å²) in [5.74, 6) is -1.63. The van der Waals surface area contributed by atoms with Gasteiger partial charge in [-0.2, -0.15) is 0 Å². The van der Waals surface area contributed by atoms with Gasteiger partial charge in [-0.05, 0) is 44.7 Å². The van der Waals surface area contributed by atoms with Crippen molar-refractivity contribution in [3.05, 3.63) is 52.8 Å². The molecule has 2 rings (SSSR count). The Morgan fingerprint density at radius 2 is 1.71 bits per heavy atom. The predicted molar refractivity (Wildman–Crippen MR) is 128 cm³/mol. The zero-order valence-electron chi connectivity index (χ0n) is 21.1. The topological polar surface area (TPSA) is 104 Å². The summed E-state index contributed by atoms with van der Waals surface area (Å²) in [5, 5.41) is 2.57. The van der Waals surface area contributed by atoms with Crippen LogP contribution < -0.4 is 14.8 Å². The molecule has 8 nitrogen and oxygen atoms in total. The first-order valence-electron chi connectivity index (χ1n) is 11.3. The van der Waals surface area contributed by atoms with Crippen molar-refractivity contribution in [2.45, 2.75) is 66.5 Å². The zero-order chi connectivity index (χ0) is 25.6. The number of nitrogens with one attached hydrogen (secondary N) is 1. The second kappa shape index (κ2) is 11.6. The fourth-order valence-electron chi connectivity index (χ4n) is 4.03. The van der Waals surface area contributed by atoms with Gasteiger partial charge in [0.05, 0.1) is 7.11 Å². The second-order valence-corrected chi connectivity index (χ2v) is 8.75. The summed E-state index contributed by atoms with van der Waals surface area (Å²) in [4.78, 5) is 41.1. The van der Waals surface area contributed by atoms with Crippen LogP contribution in [0.5, 0.6) is 11.5 Å². The van der Waals surface area contributed by atoms with Crippen molar-refractivity contribution in [2.24, 2.45) is 5.92 Å². The van der Waals surface area contributed by atoms with E-state index >= 15 is 0 Å². The largest absolute Gasteiger partial charge is 0.493 e. The third-order valence-electron chi connectivity index (χ3n) is 5.56. The van der Waals surface area contributed by atoms with Gasteiger partial charge in [0.25, 0.3) is 5.91 Å². The average Bonchev–Trinajstić information content (AvgIpc) is 2.74. The number of benzene rings is 1. The van der Waals surface area contributed by atoms with Gasteiger partial charge < -0.3 is 19.5 Å². The van der Waals surface area contributed by atoms with Gasteiger partial charge in [0, 0.05) is 25.1 Å². The highest BCUT2D eigenvalue weighted by Crippen LogP contribution is 2.33. The molecular weight excluding hydrogens is 436 g/mol. The SMILES string of the molecule is COc1ccnc(C(=O)N[C@@H](C)C(=O)OC(C)C(c2ccc(C)cc2C)C(C)C)c1OC(C)=O. The van der Waals surface area contributed by atoms with Gasteiger partial charge in [-0.1, -0.05) is 37.6 Å². The van der Waals surface area contributed by atoms with Crippen molar-refractivity contribution < 1.29 is 28.6 Å². The van der Waals surface area contributed by atoms with Gasteiger partial charge >= 0.3 is 11.9 Å². The van der Waals surface area contributed by atoms with E-state index in [9.17, 15) is 14.4 Å². The summed E-state index contributed by atoms with van der Waals surface area (Å²) < 4.78 is 16.0. The van der Waals surface area contributed by atoms with Gasteiger partial charge in [0.2, 0.25) is 5.75 Å². The molecule has 0 saturated carbocycles. The van der Waals surface area contributed by atoms with Crippen LogP contribution in [0.25, 0.3) is 0 Å². The van der Waals surface area contributed by atoms with Crippen LogP contribution in [0.1, 0.15) is 67.7 Å². The highest BCUT2D eigenvalue weighted by Gasteiger charge is 2.30. The lowest BCUT2D eigenvalue weighted by Gasteiger charge is -2.30. The summed E-state index contributed by atoms with van der Waals surface area (Å²) in [6, 6.07) is 6.75. The maximum absolute atomic E-state index is 12.8. The molecule has 0 fully saturated rings. The van der Waals surface area contributed by atoms with Crippen molar-refractivity contribution >= 4 is 17.8 Å². The van der Waals surface area contributed by atoms with E-state index in [-0.39, 0.29) is 29.0 Å². The Balaban J connectivity index is 2.16. The average molecular weight is 471 g/mol. The molecule has 0 aliphatic rings. The van der Waals surface area contributed by atoms with Crippen LogP contribution in [0.4, 0.5) is 0 Å². The third-order valence-corrected chi connectivity index (χ3v) is 5.56. The normalized spacial score (nSPS) is 13.6. The van der Waals surface area contributed by atoms with Crippen molar-refractivity contribution in [1.82, 2.24) is 10.3 Å². The number of aryl methyl sites for hydroxylation is 2. The molecule has 8 heteroatoms. The Labute approximate surface area is 201 Å². The number of carbonyl (C=O) groups is 3. The van der Waals surface area contributed by atoms with Crippen LogP contribution in [-0.4, -0.2) is 42.1 Å². The number of esters is 2. The molecule has 1 aromatic heterocycles. The summed E-state index contributed by atoms with van der Waals surface area (Å²) in [7, 11) is 1.38. The number of amides is 1. The van der Waals surface area contributed by atoms with Crippen LogP contribution in [0.3, 0.4) is 0 Å². The third kappa shape index (κ3) is 6.56. The van der Waals surface area contributed by atoms with Gasteiger partial charge in [0.15, 0.2) is 11.4 Å². The Hall–Kier alpha value is -3.42. The molecule has 0 aliphatic carbocycles. The predicted octanol–water partition coefficient (Wildman–Crippen LogP) is 4.12. The number of hydrogen-bond acceptors (Lipinski definition) is 7. The molecule has 1 heterocycles. The van der Waals surface area contributed by atoms with E-state index in [4.69, 9.17) is 14.2 Å². The summed E-state index contributed by atoms with van der Waals surface area (Å²) in [6.45, 7) is 12.9. The molecule has 34 heavy (non-hydrogen) atoms. The van der Waals surface area contributed by atoms with Crippen molar-refractivity contribution in [3.8, 4) is 11.5 Å². The van der Waals surface area contributed by atoms with Crippen molar-refractivity contribution in [2.75, 3.05) is 7.11 Å². The van der Waals surface area contributed by atoms with Crippen molar-refractivity contribution in [1.29, 1.82) is 0 Å². The molecule has 1 amide bonds. The number of pyridine rings is 1. The van der Waals surface area contributed by atoms with Crippen LogP contribution >= 0.6 is 0 Å². The smallest absolute Gasteiger partial charge is 0.328 e. The van der Waals surface area contributed by atoms with E-state index in [1.807, 2.05) is 13.8 Å². The first kappa shape index (κ1) is 26.8. The quantitative estimate of drug-likeness (QED) is 0.550. The lowest BCUT2D eigenvalue weighted by molar-refractivity contribution is -0.151. The minimum atomic E-state index is -0.958. The van der Waals surface area contributed by atoms with Crippen LogP contribution in [0.2, 0.25) is 0 Å². The molecule has 0 bridgehead atoms. The highest BCUT2D eigenvalue weighted by atomic mass is 16.6. The summed E-state index contributed by atoms with van der Waals surface area (Å²) >= 11 is 0. The monoisotopic (exact) mass is 470 g/mol. The fraction of sp³-hybridized carbons (Fsp3) is 0.462. The summed E-state index contributed by atoms with van der Waals surface area (Å²) in [5.41, 5.74) is 3.27. The Bertz CT molecular complexity index is 1050. The molecule has 0 radical (unpaired) electrons. The van der Waals surface area contributed by atoms with Gasteiger partial charge in [-0.25, -0.2) is 9.78 Å². The standard InChI is InChI=1S/C26H34N2O6/c1-14(2)22(20-10-9-15(3)13-16(20)4)18(6)33-26(31)17(5)28-25(30)23-24(34-19(7)29)21(32-8)11-12-27-23/h9-14,17-18,22H,1-8H3,(H,28,30)/t17-,18?,22?/m0/s1. The van der Waals surface area contributed by atoms with Crippen LogP contribution in [0.15, 0.2) is 30.5 Å². The zero-order valence-corrected chi connectivity index (χ0v) is 21.1. The number of carbonyl (C=O) groups excluding carboxylic acids is 3. The van der Waals surface area contributed by atoms with E-state index in [2.05, 4.69) is 49.3 Å². The fourth-order valence-corrected chi connectivity index (χ4v) is 4.03. The number of rotatable bonds is 9. The van der Waals surface area contributed by atoms with Gasteiger partial charge in [0.1, 0.15) is 12.1 Å². The molecule has 3 atom stereocenters. The lowest BCUT2D eigenvalue weighted by Crippen LogP contribution is -2.42. The molecule has 2 unspecified atom stereocenters. The molecule has 184 valence electrons. The second-order valence-electron chi connectivity index (χ2n) is 8.75. The number of nitrogens with zero attached hydrogens (tertiary/aromatic N) is 1. The Morgan fingerprint density at radius 3 is 2.26 bits per heavy atom. The van der Waals surface area contributed by atoms with E-state index in [1.54, 1.807) is 0 Å². The van der Waals surface area contributed by atoms with Crippen LogP contribution in [0, 0.1) is 19.8 Å². The van der Waals surface area contributed by atoms with E-state index in [0.29, 0.717) is 0 Å². The molecule has 1 aromatic carbocycles. The van der Waals surface area contributed by atoms with Gasteiger partial charge in [-0.15, -0.1) is 0 Å².